The van der Waals surface area contributed by atoms with E-state index in [-0.39, 0.29) is 5.76 Å². The average molecular weight is 324 g/mol. The van der Waals surface area contributed by atoms with E-state index >= 15 is 0 Å². The van der Waals surface area contributed by atoms with Crippen LogP contribution in [0.1, 0.15) is 27.4 Å². The fourth-order valence-electron chi connectivity index (χ4n) is 1.79. The zero-order valence-electron chi connectivity index (χ0n) is 10.4. The summed E-state index contributed by atoms with van der Waals surface area (Å²) in [4.78, 5) is 10.8. The summed E-state index contributed by atoms with van der Waals surface area (Å²) in [7, 11) is 0. The summed E-state index contributed by atoms with van der Waals surface area (Å²) >= 11 is 3.42. The first-order chi connectivity index (χ1) is 9.06. The van der Waals surface area contributed by atoms with E-state index in [0.29, 0.717) is 18.8 Å². The molecule has 0 fully saturated rings. The van der Waals surface area contributed by atoms with Crippen LogP contribution in [0.5, 0.6) is 0 Å². The van der Waals surface area contributed by atoms with Crippen molar-refractivity contribution < 1.29 is 14.3 Å². The molecule has 0 saturated heterocycles. The van der Waals surface area contributed by atoms with Crippen molar-refractivity contribution >= 4 is 21.9 Å². The highest BCUT2D eigenvalue weighted by Gasteiger charge is 2.12. The summed E-state index contributed by atoms with van der Waals surface area (Å²) < 4.78 is 6.19. The van der Waals surface area contributed by atoms with Crippen LogP contribution in [0.2, 0.25) is 0 Å². The average Bonchev–Trinajstić information content (AvgIpc) is 2.71. The van der Waals surface area contributed by atoms with Crippen molar-refractivity contribution in [3.05, 3.63) is 57.5 Å². The minimum absolute atomic E-state index is 0.0169. The summed E-state index contributed by atoms with van der Waals surface area (Å²) in [6.07, 6.45) is 0. The number of furan rings is 1. The highest BCUT2D eigenvalue weighted by Crippen LogP contribution is 2.15. The molecule has 1 heterocycles. The van der Waals surface area contributed by atoms with Gasteiger partial charge in [0.1, 0.15) is 5.76 Å². The first-order valence-electron chi connectivity index (χ1n) is 5.84. The maximum atomic E-state index is 10.8. The maximum absolute atomic E-state index is 10.8. The fourth-order valence-corrected chi connectivity index (χ4v) is 2.24. The molecule has 0 aliphatic rings. The van der Waals surface area contributed by atoms with Gasteiger partial charge in [-0.1, -0.05) is 28.1 Å². The van der Waals surface area contributed by atoms with Gasteiger partial charge in [0, 0.05) is 23.1 Å². The Morgan fingerprint density at radius 3 is 2.79 bits per heavy atom. The molecule has 0 aliphatic heterocycles. The normalized spacial score (nSPS) is 10.6. The van der Waals surface area contributed by atoms with Crippen molar-refractivity contribution in [1.29, 1.82) is 0 Å². The molecule has 0 unspecified atom stereocenters. The molecule has 0 bridgehead atoms. The molecular formula is C14H14BrNO3. The number of carboxylic acids is 1. The zero-order chi connectivity index (χ0) is 13.8. The van der Waals surface area contributed by atoms with E-state index in [9.17, 15) is 4.79 Å². The molecule has 0 spiro atoms. The SMILES string of the molecule is Cc1oc(C(=O)O)cc1CNCc1cccc(Br)c1. The van der Waals surface area contributed by atoms with Crippen LogP contribution in [0.4, 0.5) is 0 Å². The zero-order valence-corrected chi connectivity index (χ0v) is 12.0. The van der Waals surface area contributed by atoms with Crippen LogP contribution >= 0.6 is 15.9 Å². The van der Waals surface area contributed by atoms with Crippen LogP contribution in [0, 0.1) is 6.92 Å². The second-order valence-electron chi connectivity index (χ2n) is 4.23. The van der Waals surface area contributed by atoms with Crippen LogP contribution in [0.25, 0.3) is 0 Å². The van der Waals surface area contributed by atoms with Gasteiger partial charge in [-0.2, -0.15) is 0 Å². The van der Waals surface area contributed by atoms with E-state index in [1.165, 1.54) is 0 Å². The summed E-state index contributed by atoms with van der Waals surface area (Å²) in [5.41, 5.74) is 2.03. The van der Waals surface area contributed by atoms with Crippen LogP contribution in [0.3, 0.4) is 0 Å². The summed E-state index contributed by atoms with van der Waals surface area (Å²) in [5.74, 6) is -0.419. The number of rotatable bonds is 5. The molecule has 1 aromatic heterocycles. The van der Waals surface area contributed by atoms with Gasteiger partial charge in [0.05, 0.1) is 0 Å². The van der Waals surface area contributed by atoms with Gasteiger partial charge in [-0.3, -0.25) is 0 Å². The van der Waals surface area contributed by atoms with Crippen molar-refractivity contribution in [2.45, 2.75) is 20.0 Å². The third-order valence-electron chi connectivity index (χ3n) is 2.76. The number of benzene rings is 1. The van der Waals surface area contributed by atoms with Gasteiger partial charge in [-0.25, -0.2) is 4.79 Å². The molecule has 19 heavy (non-hydrogen) atoms. The van der Waals surface area contributed by atoms with Gasteiger partial charge < -0.3 is 14.8 Å². The molecule has 0 amide bonds. The standard InChI is InChI=1S/C14H14BrNO3/c1-9-11(6-13(19-9)14(17)18)8-16-7-10-3-2-4-12(15)5-10/h2-6,16H,7-8H2,1H3,(H,17,18). The number of nitrogens with one attached hydrogen (secondary N) is 1. The molecule has 0 radical (unpaired) electrons. The highest BCUT2D eigenvalue weighted by molar-refractivity contribution is 9.10. The molecule has 2 aromatic rings. The lowest BCUT2D eigenvalue weighted by Crippen LogP contribution is -2.12. The highest BCUT2D eigenvalue weighted by atomic mass is 79.9. The van der Waals surface area contributed by atoms with Crippen molar-refractivity contribution in [3.63, 3.8) is 0 Å². The Bertz CT molecular complexity index is 592. The van der Waals surface area contributed by atoms with E-state index in [0.717, 1.165) is 15.6 Å². The Morgan fingerprint density at radius 1 is 1.37 bits per heavy atom. The number of halogens is 1. The van der Waals surface area contributed by atoms with E-state index in [2.05, 4.69) is 21.2 Å². The van der Waals surface area contributed by atoms with Gasteiger partial charge in [0.15, 0.2) is 0 Å². The Hall–Kier alpha value is -1.59. The maximum Gasteiger partial charge on any atom is 0.371 e. The van der Waals surface area contributed by atoms with E-state index in [4.69, 9.17) is 9.52 Å². The lowest BCUT2D eigenvalue weighted by atomic mass is 10.2. The van der Waals surface area contributed by atoms with Crippen molar-refractivity contribution in [2.24, 2.45) is 0 Å². The number of aromatic carboxylic acids is 1. The number of hydrogen-bond donors (Lipinski definition) is 2. The van der Waals surface area contributed by atoms with Crippen LogP contribution in [-0.4, -0.2) is 11.1 Å². The minimum Gasteiger partial charge on any atom is -0.475 e. The predicted molar refractivity (Wildman–Crippen MR) is 75.1 cm³/mol. The third-order valence-corrected chi connectivity index (χ3v) is 3.26. The molecular weight excluding hydrogens is 310 g/mol. The molecule has 100 valence electrons. The Balaban J connectivity index is 1.94. The van der Waals surface area contributed by atoms with Crippen molar-refractivity contribution in [1.82, 2.24) is 5.32 Å². The quantitative estimate of drug-likeness (QED) is 0.885. The van der Waals surface area contributed by atoms with Crippen LogP contribution in [-0.2, 0) is 13.1 Å². The molecule has 2 N–H and O–H groups in total. The summed E-state index contributed by atoms with van der Waals surface area (Å²) in [6, 6.07) is 9.59. The molecule has 0 aliphatic carbocycles. The number of hydrogen-bond acceptors (Lipinski definition) is 3. The second kappa shape index (κ2) is 6.04. The molecule has 0 atom stereocenters. The van der Waals surface area contributed by atoms with E-state index < -0.39 is 5.97 Å². The molecule has 2 rings (SSSR count). The summed E-state index contributed by atoms with van der Waals surface area (Å²) in [6.45, 7) is 3.06. The van der Waals surface area contributed by atoms with Crippen LogP contribution in [0.15, 0.2) is 39.2 Å². The number of carboxylic acid groups (broad SMARTS) is 1. The van der Waals surface area contributed by atoms with E-state index in [1.54, 1.807) is 13.0 Å². The van der Waals surface area contributed by atoms with Crippen LogP contribution < -0.4 is 5.32 Å². The Labute approximate surface area is 119 Å². The Kier molecular flexibility index (Phi) is 4.39. The summed E-state index contributed by atoms with van der Waals surface area (Å²) in [5, 5.41) is 12.1. The largest absolute Gasteiger partial charge is 0.475 e. The molecule has 5 heteroatoms. The third kappa shape index (κ3) is 3.68. The fraction of sp³-hybridized carbons (Fsp3) is 0.214. The van der Waals surface area contributed by atoms with Gasteiger partial charge in [-0.05, 0) is 30.7 Å². The van der Waals surface area contributed by atoms with Crippen molar-refractivity contribution in [3.8, 4) is 0 Å². The van der Waals surface area contributed by atoms with Crippen molar-refractivity contribution in [2.75, 3.05) is 0 Å². The minimum atomic E-state index is -1.04. The van der Waals surface area contributed by atoms with Gasteiger partial charge in [-0.15, -0.1) is 0 Å². The molecule has 0 saturated carbocycles. The first-order valence-corrected chi connectivity index (χ1v) is 6.63. The van der Waals surface area contributed by atoms with Gasteiger partial charge in [0.2, 0.25) is 5.76 Å². The molecule has 1 aromatic carbocycles. The smallest absolute Gasteiger partial charge is 0.371 e. The van der Waals surface area contributed by atoms with Gasteiger partial charge >= 0.3 is 5.97 Å². The first kappa shape index (κ1) is 13.8. The lowest BCUT2D eigenvalue weighted by Gasteiger charge is -2.04. The number of carbonyl (C=O) groups is 1. The second-order valence-corrected chi connectivity index (χ2v) is 5.15. The monoisotopic (exact) mass is 323 g/mol. The topological polar surface area (TPSA) is 62.5 Å². The van der Waals surface area contributed by atoms with Gasteiger partial charge in [0.25, 0.3) is 0 Å². The number of aryl methyl sites for hydroxylation is 1. The predicted octanol–water partition coefficient (Wildman–Crippen LogP) is 3.34. The lowest BCUT2D eigenvalue weighted by molar-refractivity contribution is 0.0661. The molecule has 4 nitrogen and oxygen atoms in total. The Morgan fingerprint density at radius 2 is 2.16 bits per heavy atom. The van der Waals surface area contributed by atoms with E-state index in [1.807, 2.05) is 24.3 Å².